The normalized spacial score (nSPS) is 11.5. The molecule has 5 aromatic rings. The van der Waals surface area contributed by atoms with Gasteiger partial charge >= 0.3 is 0 Å². The Hall–Kier alpha value is -3.20. The Bertz CT molecular complexity index is 1340. The number of hydrogen-bond acceptors (Lipinski definition) is 2. The van der Waals surface area contributed by atoms with Gasteiger partial charge in [-0.25, -0.2) is 0 Å². The van der Waals surface area contributed by atoms with Gasteiger partial charge < -0.3 is 10.2 Å². The Morgan fingerprint density at radius 1 is 0.484 bits per heavy atom. The van der Waals surface area contributed by atoms with E-state index >= 15 is 0 Å². The van der Waals surface area contributed by atoms with E-state index in [1.807, 2.05) is 60.7 Å². The van der Waals surface area contributed by atoms with Crippen LogP contribution in [0.3, 0.4) is 0 Å². The van der Waals surface area contributed by atoms with Crippen LogP contribution < -0.4 is 0 Å². The third kappa shape index (κ3) is 3.29. The van der Waals surface area contributed by atoms with Gasteiger partial charge in [0.05, 0.1) is 0 Å². The van der Waals surface area contributed by atoms with Gasteiger partial charge in [-0.05, 0) is 45.8 Å². The molecule has 0 radical (unpaired) electrons. The summed E-state index contributed by atoms with van der Waals surface area (Å²) in [6.07, 6.45) is 0. The van der Waals surface area contributed by atoms with Crippen LogP contribution in [0.1, 0.15) is 22.6 Å². The van der Waals surface area contributed by atoms with E-state index in [0.29, 0.717) is 26.7 Å². The van der Waals surface area contributed by atoms with Crippen molar-refractivity contribution in [3.8, 4) is 11.5 Å². The average molecular weight is 445 g/mol. The molecule has 0 bridgehead atoms. The Kier molecular flexibility index (Phi) is 4.97. The van der Waals surface area contributed by atoms with Crippen molar-refractivity contribution in [1.29, 1.82) is 0 Å². The lowest BCUT2D eigenvalue weighted by molar-refractivity contribution is 0.460. The number of phenolic OH excluding ortho intramolecular Hbond substituents is 2. The van der Waals surface area contributed by atoms with E-state index in [2.05, 4.69) is 0 Å². The molecule has 0 spiro atoms. The second-order valence-electron chi connectivity index (χ2n) is 7.51. The van der Waals surface area contributed by atoms with Crippen LogP contribution in [0.25, 0.3) is 21.5 Å². The van der Waals surface area contributed by atoms with Crippen LogP contribution in [-0.2, 0) is 0 Å². The van der Waals surface area contributed by atoms with Crippen molar-refractivity contribution in [2.24, 2.45) is 0 Å². The van der Waals surface area contributed by atoms with Crippen molar-refractivity contribution in [3.05, 3.63) is 118 Å². The molecule has 0 atom stereocenters. The van der Waals surface area contributed by atoms with Crippen LogP contribution in [0.5, 0.6) is 11.5 Å². The van der Waals surface area contributed by atoms with E-state index in [1.54, 1.807) is 30.3 Å². The Labute approximate surface area is 189 Å². The number of aromatic hydroxyl groups is 2. The second-order valence-corrected chi connectivity index (χ2v) is 8.32. The topological polar surface area (TPSA) is 40.5 Å². The predicted octanol–water partition coefficient (Wildman–Crippen LogP) is 7.89. The summed E-state index contributed by atoms with van der Waals surface area (Å²) < 4.78 is 0. The fourth-order valence-corrected chi connectivity index (χ4v) is 5.01. The van der Waals surface area contributed by atoms with Gasteiger partial charge in [0, 0.05) is 32.7 Å². The van der Waals surface area contributed by atoms with Crippen LogP contribution in [-0.4, -0.2) is 10.2 Å². The minimum Gasteiger partial charge on any atom is -0.508 e. The monoisotopic (exact) mass is 444 g/mol. The fourth-order valence-electron chi connectivity index (χ4n) is 4.39. The second kappa shape index (κ2) is 7.81. The summed E-state index contributed by atoms with van der Waals surface area (Å²) in [6, 6.07) is 28.1. The highest BCUT2D eigenvalue weighted by Gasteiger charge is 2.30. The molecule has 0 fully saturated rings. The highest BCUT2D eigenvalue weighted by atomic mass is 35.5. The lowest BCUT2D eigenvalue weighted by Gasteiger charge is -2.26. The lowest BCUT2D eigenvalue weighted by atomic mass is 9.79. The zero-order valence-corrected chi connectivity index (χ0v) is 17.9. The van der Waals surface area contributed by atoms with Gasteiger partial charge in [0.15, 0.2) is 0 Å². The van der Waals surface area contributed by atoms with E-state index < -0.39 is 5.92 Å². The zero-order valence-electron chi connectivity index (χ0n) is 16.4. The SMILES string of the molecule is Oc1ccc2ccccc2c1C(c1c(Cl)cccc1Cl)c1c(O)ccc2ccccc12. The smallest absolute Gasteiger partial charge is 0.120 e. The van der Waals surface area contributed by atoms with Crippen molar-refractivity contribution < 1.29 is 10.2 Å². The molecule has 2 N–H and O–H groups in total. The first-order valence-electron chi connectivity index (χ1n) is 9.91. The molecule has 2 nitrogen and oxygen atoms in total. The van der Waals surface area contributed by atoms with Crippen molar-refractivity contribution in [1.82, 2.24) is 0 Å². The average Bonchev–Trinajstić information content (AvgIpc) is 2.77. The lowest BCUT2D eigenvalue weighted by Crippen LogP contribution is -2.08. The third-order valence-electron chi connectivity index (χ3n) is 5.76. The molecule has 5 aromatic carbocycles. The summed E-state index contributed by atoms with van der Waals surface area (Å²) in [7, 11) is 0. The maximum absolute atomic E-state index is 11.1. The molecule has 0 aliphatic rings. The Morgan fingerprint density at radius 2 is 0.935 bits per heavy atom. The first-order chi connectivity index (χ1) is 15.1. The molecule has 0 saturated heterocycles. The largest absolute Gasteiger partial charge is 0.508 e. The van der Waals surface area contributed by atoms with Crippen molar-refractivity contribution in [3.63, 3.8) is 0 Å². The molecule has 0 saturated carbocycles. The summed E-state index contributed by atoms with van der Waals surface area (Å²) >= 11 is 13.4. The molecule has 4 heteroatoms. The van der Waals surface area contributed by atoms with Gasteiger partial charge in [0.1, 0.15) is 11.5 Å². The number of fused-ring (bicyclic) bond motifs is 2. The number of benzene rings is 5. The van der Waals surface area contributed by atoms with Crippen LogP contribution in [0.15, 0.2) is 91.0 Å². The third-order valence-corrected chi connectivity index (χ3v) is 6.42. The molecule has 0 aliphatic carbocycles. The molecule has 0 heterocycles. The number of rotatable bonds is 3. The van der Waals surface area contributed by atoms with Gasteiger partial charge in [-0.3, -0.25) is 0 Å². The number of phenols is 2. The molecule has 0 aliphatic heterocycles. The van der Waals surface area contributed by atoms with E-state index in [0.717, 1.165) is 21.5 Å². The van der Waals surface area contributed by atoms with Gasteiger partial charge in [-0.2, -0.15) is 0 Å². The van der Waals surface area contributed by atoms with Gasteiger partial charge in [0.2, 0.25) is 0 Å². The minimum atomic E-state index is -0.585. The molecule has 0 amide bonds. The zero-order chi connectivity index (χ0) is 21.5. The molecular formula is C27H18Cl2O2. The van der Waals surface area contributed by atoms with Crippen molar-refractivity contribution >= 4 is 44.7 Å². The first kappa shape index (κ1) is 19.7. The van der Waals surface area contributed by atoms with Gasteiger partial charge in [-0.15, -0.1) is 0 Å². The van der Waals surface area contributed by atoms with Crippen molar-refractivity contribution in [2.45, 2.75) is 5.92 Å². The summed E-state index contributed by atoms with van der Waals surface area (Å²) in [5.41, 5.74) is 1.95. The maximum Gasteiger partial charge on any atom is 0.120 e. The van der Waals surface area contributed by atoms with Crippen molar-refractivity contribution in [2.75, 3.05) is 0 Å². The highest BCUT2D eigenvalue weighted by molar-refractivity contribution is 6.36. The Balaban J connectivity index is 1.98. The number of halogens is 2. The molecule has 0 aromatic heterocycles. The Morgan fingerprint density at radius 3 is 1.42 bits per heavy atom. The quantitative estimate of drug-likeness (QED) is 0.277. The molecule has 152 valence electrons. The van der Waals surface area contributed by atoms with Gasteiger partial charge in [-0.1, -0.05) is 89.9 Å². The molecule has 0 unspecified atom stereocenters. The summed E-state index contributed by atoms with van der Waals surface area (Å²) in [6.45, 7) is 0. The molecule has 31 heavy (non-hydrogen) atoms. The minimum absolute atomic E-state index is 0.118. The van der Waals surface area contributed by atoms with Crippen LogP contribution >= 0.6 is 23.2 Å². The highest BCUT2D eigenvalue weighted by Crippen LogP contribution is 2.49. The first-order valence-corrected chi connectivity index (χ1v) is 10.7. The summed E-state index contributed by atoms with van der Waals surface area (Å²) in [4.78, 5) is 0. The molecule has 5 rings (SSSR count). The molecular weight excluding hydrogens is 427 g/mol. The van der Waals surface area contributed by atoms with E-state index in [-0.39, 0.29) is 11.5 Å². The van der Waals surface area contributed by atoms with E-state index in [1.165, 1.54) is 0 Å². The van der Waals surface area contributed by atoms with Gasteiger partial charge in [0.25, 0.3) is 0 Å². The summed E-state index contributed by atoms with van der Waals surface area (Å²) in [5.74, 6) is -0.350. The number of hydrogen-bond donors (Lipinski definition) is 2. The van der Waals surface area contributed by atoms with Crippen LogP contribution in [0.2, 0.25) is 10.0 Å². The summed E-state index contributed by atoms with van der Waals surface area (Å²) in [5, 5.41) is 26.8. The van der Waals surface area contributed by atoms with E-state index in [4.69, 9.17) is 23.2 Å². The fraction of sp³-hybridized carbons (Fsp3) is 0.0370. The maximum atomic E-state index is 11.1. The van der Waals surface area contributed by atoms with Crippen LogP contribution in [0.4, 0.5) is 0 Å². The predicted molar refractivity (Wildman–Crippen MR) is 129 cm³/mol. The van der Waals surface area contributed by atoms with E-state index in [9.17, 15) is 10.2 Å². The standard InChI is InChI=1S/C27H18Cl2O2/c28-20-10-5-11-21(29)26(20)27(24-18-8-3-1-6-16(18)12-14-22(24)30)25-19-9-4-2-7-17(19)13-15-23(25)31/h1-15,27,30-31H. The van der Waals surface area contributed by atoms with Crippen LogP contribution in [0, 0.1) is 0 Å².